The monoisotopic (exact) mass is 478 g/mol. The zero-order valence-corrected chi connectivity index (χ0v) is 19.1. The minimum atomic E-state index is -4.04. The topological polar surface area (TPSA) is 75.7 Å². The number of halogens is 2. The van der Waals surface area contributed by atoms with Crippen LogP contribution in [-0.2, 0) is 14.8 Å². The van der Waals surface area contributed by atoms with Crippen LogP contribution in [0.1, 0.15) is 5.56 Å². The molecule has 0 spiro atoms. The van der Waals surface area contributed by atoms with Gasteiger partial charge in [0.25, 0.3) is 10.0 Å². The first-order valence-corrected chi connectivity index (χ1v) is 11.4. The van der Waals surface area contributed by atoms with Crippen molar-refractivity contribution in [2.75, 3.05) is 23.3 Å². The summed E-state index contributed by atoms with van der Waals surface area (Å²) < 4.78 is 33.1. The Morgan fingerprint density at radius 1 is 1.03 bits per heavy atom. The Labute approximate surface area is 191 Å². The van der Waals surface area contributed by atoms with Gasteiger partial charge in [0.1, 0.15) is 12.3 Å². The molecular weight excluding hydrogens is 459 g/mol. The van der Waals surface area contributed by atoms with E-state index in [0.717, 1.165) is 9.87 Å². The summed E-state index contributed by atoms with van der Waals surface area (Å²) >= 11 is 12.1. The number of sulfonamides is 1. The van der Waals surface area contributed by atoms with Crippen molar-refractivity contribution in [3.05, 3.63) is 82.3 Å². The number of nitrogens with one attached hydrogen (secondary N) is 1. The van der Waals surface area contributed by atoms with Crippen LogP contribution in [0.15, 0.2) is 71.6 Å². The lowest BCUT2D eigenvalue weighted by atomic mass is 10.2. The number of nitrogens with zero attached hydrogens (tertiary/aromatic N) is 1. The Hall–Kier alpha value is -2.74. The number of rotatable bonds is 7. The summed E-state index contributed by atoms with van der Waals surface area (Å²) in [6.45, 7) is 1.38. The molecule has 0 radical (unpaired) electrons. The number of carbonyl (C=O) groups is 1. The van der Waals surface area contributed by atoms with Gasteiger partial charge in [-0.2, -0.15) is 0 Å². The van der Waals surface area contributed by atoms with Gasteiger partial charge in [-0.15, -0.1) is 0 Å². The summed E-state index contributed by atoms with van der Waals surface area (Å²) in [4.78, 5) is 12.9. The smallest absolute Gasteiger partial charge is 0.264 e. The maximum Gasteiger partial charge on any atom is 0.264 e. The summed E-state index contributed by atoms with van der Waals surface area (Å²) in [5.41, 5.74) is 1.49. The molecule has 3 aromatic carbocycles. The molecule has 1 N–H and O–H groups in total. The lowest BCUT2D eigenvalue weighted by Crippen LogP contribution is -2.38. The van der Waals surface area contributed by atoms with E-state index in [9.17, 15) is 13.2 Å². The predicted molar refractivity (Wildman–Crippen MR) is 124 cm³/mol. The molecule has 3 rings (SSSR count). The van der Waals surface area contributed by atoms with Crippen molar-refractivity contribution >= 4 is 50.5 Å². The molecule has 0 aliphatic rings. The van der Waals surface area contributed by atoms with Crippen molar-refractivity contribution in [1.29, 1.82) is 0 Å². The van der Waals surface area contributed by atoms with Crippen LogP contribution in [0.3, 0.4) is 0 Å². The Bertz CT molecular complexity index is 1200. The lowest BCUT2D eigenvalue weighted by molar-refractivity contribution is -0.114. The van der Waals surface area contributed by atoms with Gasteiger partial charge in [-0.05, 0) is 49.4 Å². The SMILES string of the molecule is COc1cccc(N(CC(=O)Nc2cc(Cl)ccc2Cl)S(=O)(=O)c2ccc(C)cc2)c1. The number of anilines is 2. The third-order valence-electron chi connectivity index (χ3n) is 4.44. The van der Waals surface area contributed by atoms with E-state index in [0.29, 0.717) is 10.8 Å². The van der Waals surface area contributed by atoms with E-state index < -0.39 is 22.5 Å². The zero-order chi connectivity index (χ0) is 22.6. The zero-order valence-electron chi connectivity index (χ0n) is 16.8. The van der Waals surface area contributed by atoms with E-state index in [2.05, 4.69) is 5.32 Å². The van der Waals surface area contributed by atoms with Gasteiger partial charge < -0.3 is 10.1 Å². The van der Waals surface area contributed by atoms with Crippen molar-refractivity contribution < 1.29 is 17.9 Å². The van der Waals surface area contributed by atoms with Crippen LogP contribution in [0.4, 0.5) is 11.4 Å². The van der Waals surface area contributed by atoms with Gasteiger partial charge in [0, 0.05) is 11.1 Å². The Morgan fingerprint density at radius 3 is 2.42 bits per heavy atom. The minimum Gasteiger partial charge on any atom is -0.497 e. The number of ether oxygens (including phenoxy) is 1. The van der Waals surface area contributed by atoms with Gasteiger partial charge in [-0.3, -0.25) is 9.10 Å². The predicted octanol–water partition coefficient (Wildman–Crippen LogP) is 5.14. The maximum absolute atomic E-state index is 13.4. The van der Waals surface area contributed by atoms with Crippen molar-refractivity contribution in [3.63, 3.8) is 0 Å². The average Bonchev–Trinajstić information content (AvgIpc) is 2.75. The number of aryl methyl sites for hydroxylation is 1. The molecule has 31 heavy (non-hydrogen) atoms. The van der Waals surface area contributed by atoms with E-state index in [1.54, 1.807) is 48.5 Å². The third kappa shape index (κ3) is 5.50. The fourth-order valence-corrected chi connectivity index (χ4v) is 4.58. The molecule has 0 bridgehead atoms. The molecule has 162 valence electrons. The highest BCUT2D eigenvalue weighted by Crippen LogP contribution is 2.28. The standard InChI is InChI=1S/C22H20Cl2N2O4S/c1-15-6-9-19(10-7-15)31(28,29)26(17-4-3-5-18(13-17)30-2)14-22(27)25-21-12-16(23)8-11-20(21)24/h3-13H,14H2,1-2H3,(H,25,27). The van der Waals surface area contributed by atoms with Gasteiger partial charge in [0.2, 0.25) is 5.91 Å². The molecule has 9 heteroatoms. The fourth-order valence-electron chi connectivity index (χ4n) is 2.83. The summed E-state index contributed by atoms with van der Waals surface area (Å²) in [6, 6.07) is 17.5. The van der Waals surface area contributed by atoms with Crippen LogP contribution in [0.25, 0.3) is 0 Å². The number of hydrogen-bond acceptors (Lipinski definition) is 4. The number of amides is 1. The molecule has 0 saturated carbocycles. The molecule has 0 heterocycles. The highest BCUT2D eigenvalue weighted by molar-refractivity contribution is 7.92. The largest absolute Gasteiger partial charge is 0.497 e. The molecule has 0 unspecified atom stereocenters. The second-order valence-electron chi connectivity index (χ2n) is 6.70. The van der Waals surface area contributed by atoms with E-state index in [4.69, 9.17) is 27.9 Å². The molecular formula is C22H20Cl2N2O4S. The number of benzene rings is 3. The summed E-state index contributed by atoms with van der Waals surface area (Å²) in [6.07, 6.45) is 0. The molecule has 0 fully saturated rings. The third-order valence-corrected chi connectivity index (χ3v) is 6.79. The molecule has 0 atom stereocenters. The van der Waals surface area contributed by atoms with Crippen LogP contribution >= 0.6 is 23.2 Å². The van der Waals surface area contributed by atoms with Crippen LogP contribution in [0.5, 0.6) is 5.75 Å². The highest BCUT2D eigenvalue weighted by atomic mass is 35.5. The van der Waals surface area contributed by atoms with Crippen LogP contribution in [0.2, 0.25) is 10.0 Å². The van der Waals surface area contributed by atoms with Crippen molar-refractivity contribution in [1.82, 2.24) is 0 Å². The molecule has 0 aliphatic carbocycles. The Kier molecular flexibility index (Phi) is 7.10. The first kappa shape index (κ1) is 22.9. The van der Waals surface area contributed by atoms with Gasteiger partial charge in [-0.25, -0.2) is 8.42 Å². The van der Waals surface area contributed by atoms with Gasteiger partial charge in [0.05, 0.1) is 28.4 Å². The minimum absolute atomic E-state index is 0.0644. The van der Waals surface area contributed by atoms with Crippen LogP contribution < -0.4 is 14.4 Å². The average molecular weight is 479 g/mol. The number of methoxy groups -OCH3 is 1. The highest BCUT2D eigenvalue weighted by Gasteiger charge is 2.27. The second-order valence-corrected chi connectivity index (χ2v) is 9.40. The van der Waals surface area contributed by atoms with Crippen LogP contribution in [0, 0.1) is 6.92 Å². The molecule has 3 aromatic rings. The van der Waals surface area contributed by atoms with Gasteiger partial charge in [0.15, 0.2) is 0 Å². The Morgan fingerprint density at radius 2 is 1.74 bits per heavy atom. The number of carbonyl (C=O) groups excluding carboxylic acids is 1. The van der Waals surface area contributed by atoms with Crippen LogP contribution in [-0.4, -0.2) is 28.0 Å². The normalized spacial score (nSPS) is 11.1. The van der Waals surface area contributed by atoms with Gasteiger partial charge in [-0.1, -0.05) is 47.0 Å². The molecule has 6 nitrogen and oxygen atoms in total. The summed E-state index contributed by atoms with van der Waals surface area (Å²) in [5, 5.41) is 3.29. The summed E-state index contributed by atoms with van der Waals surface area (Å²) in [7, 11) is -2.57. The maximum atomic E-state index is 13.4. The van der Waals surface area contributed by atoms with Crippen molar-refractivity contribution in [2.24, 2.45) is 0 Å². The first-order valence-electron chi connectivity index (χ1n) is 9.19. The van der Waals surface area contributed by atoms with E-state index in [-0.39, 0.29) is 21.3 Å². The van der Waals surface area contributed by atoms with E-state index >= 15 is 0 Å². The lowest BCUT2D eigenvalue weighted by Gasteiger charge is -2.24. The second kappa shape index (κ2) is 9.60. The first-order chi connectivity index (χ1) is 14.7. The Balaban J connectivity index is 1.98. The quantitative estimate of drug-likeness (QED) is 0.509. The van der Waals surface area contributed by atoms with E-state index in [1.807, 2.05) is 6.92 Å². The van der Waals surface area contributed by atoms with E-state index in [1.165, 1.54) is 25.3 Å². The fraction of sp³-hybridized carbons (Fsp3) is 0.136. The molecule has 0 aliphatic heterocycles. The molecule has 0 saturated heterocycles. The van der Waals surface area contributed by atoms with Crippen molar-refractivity contribution in [3.8, 4) is 5.75 Å². The molecule has 1 amide bonds. The number of hydrogen-bond donors (Lipinski definition) is 1. The molecule has 0 aromatic heterocycles. The van der Waals surface area contributed by atoms with Gasteiger partial charge >= 0.3 is 0 Å². The van der Waals surface area contributed by atoms with Crippen molar-refractivity contribution in [2.45, 2.75) is 11.8 Å². The summed E-state index contributed by atoms with van der Waals surface area (Å²) in [5.74, 6) is -0.123.